The maximum absolute atomic E-state index is 13.5. The Bertz CT molecular complexity index is 485. The molecule has 0 radical (unpaired) electrons. The van der Waals surface area contributed by atoms with Crippen molar-refractivity contribution in [3.05, 3.63) is 29.6 Å². The fourth-order valence-corrected chi connectivity index (χ4v) is 1.31. The van der Waals surface area contributed by atoms with E-state index in [2.05, 4.69) is 10.1 Å². The lowest BCUT2D eigenvalue weighted by Gasteiger charge is -1.98. The first kappa shape index (κ1) is 9.64. The molecule has 78 valence electrons. The highest BCUT2D eigenvalue weighted by molar-refractivity contribution is 5.57. The first-order valence-electron chi connectivity index (χ1n) is 4.51. The number of hydrogen-bond acceptors (Lipinski definition) is 3. The number of nitrogen functional groups attached to an aromatic ring is 1. The number of rotatable bonds is 1. The van der Waals surface area contributed by atoms with Crippen molar-refractivity contribution in [3.8, 4) is 11.4 Å². The minimum Gasteiger partial charge on any atom is -0.368 e. The summed E-state index contributed by atoms with van der Waals surface area (Å²) in [5.74, 6) is 0.248. The van der Waals surface area contributed by atoms with Crippen LogP contribution in [0.3, 0.4) is 0 Å². The molecule has 4 nitrogen and oxygen atoms in total. The minimum absolute atomic E-state index is 0.268. The van der Waals surface area contributed by atoms with E-state index in [0.29, 0.717) is 11.4 Å². The lowest BCUT2D eigenvalue weighted by atomic mass is 10.1. The molecule has 0 bridgehead atoms. The summed E-state index contributed by atoms with van der Waals surface area (Å²) >= 11 is 0. The van der Waals surface area contributed by atoms with Crippen LogP contribution in [0.2, 0.25) is 0 Å². The lowest BCUT2D eigenvalue weighted by molar-refractivity contribution is 0.628. The third-order valence-corrected chi connectivity index (χ3v) is 2.16. The Morgan fingerprint density at radius 2 is 2.13 bits per heavy atom. The first-order valence-corrected chi connectivity index (χ1v) is 4.51. The summed E-state index contributed by atoms with van der Waals surface area (Å²) in [6.45, 7) is 1.83. The molecule has 0 saturated heterocycles. The second-order valence-corrected chi connectivity index (χ2v) is 3.40. The number of nitrogens with two attached hydrogens (primary N) is 1. The molecule has 15 heavy (non-hydrogen) atoms. The third-order valence-electron chi connectivity index (χ3n) is 2.16. The van der Waals surface area contributed by atoms with E-state index in [9.17, 15) is 4.39 Å². The summed E-state index contributed by atoms with van der Waals surface area (Å²) in [5.41, 5.74) is 6.75. The molecular weight excluding hydrogens is 195 g/mol. The monoisotopic (exact) mass is 206 g/mol. The molecule has 0 spiro atoms. The van der Waals surface area contributed by atoms with Crippen molar-refractivity contribution >= 4 is 5.95 Å². The third kappa shape index (κ3) is 1.68. The summed E-state index contributed by atoms with van der Waals surface area (Å²) in [7, 11) is 1.66. The van der Waals surface area contributed by atoms with Crippen LogP contribution in [0.5, 0.6) is 0 Å². The average Bonchev–Trinajstić information content (AvgIpc) is 2.46. The normalized spacial score (nSPS) is 10.6. The second kappa shape index (κ2) is 3.34. The smallest absolute Gasteiger partial charge is 0.218 e. The van der Waals surface area contributed by atoms with Crippen LogP contribution in [0.4, 0.5) is 10.3 Å². The van der Waals surface area contributed by atoms with Crippen LogP contribution in [0.1, 0.15) is 5.56 Å². The van der Waals surface area contributed by atoms with Crippen molar-refractivity contribution in [2.24, 2.45) is 7.05 Å². The van der Waals surface area contributed by atoms with Gasteiger partial charge in [-0.2, -0.15) is 4.98 Å². The van der Waals surface area contributed by atoms with Crippen LogP contribution in [0.15, 0.2) is 18.2 Å². The van der Waals surface area contributed by atoms with Crippen LogP contribution in [-0.4, -0.2) is 14.8 Å². The SMILES string of the molecule is Cc1ccc(-c2nc(N)n(C)n2)c(F)c1. The Kier molecular flexibility index (Phi) is 2.15. The van der Waals surface area contributed by atoms with Gasteiger partial charge in [-0.3, -0.25) is 0 Å². The highest BCUT2D eigenvalue weighted by Gasteiger charge is 2.11. The topological polar surface area (TPSA) is 56.7 Å². The molecule has 2 rings (SSSR count). The molecule has 0 saturated carbocycles. The summed E-state index contributed by atoms with van der Waals surface area (Å²) in [4.78, 5) is 3.96. The Morgan fingerprint density at radius 1 is 1.40 bits per heavy atom. The van der Waals surface area contributed by atoms with Crippen molar-refractivity contribution < 1.29 is 4.39 Å². The molecule has 1 aromatic heterocycles. The van der Waals surface area contributed by atoms with Crippen molar-refractivity contribution in [1.29, 1.82) is 0 Å². The zero-order chi connectivity index (χ0) is 11.0. The van der Waals surface area contributed by atoms with Gasteiger partial charge in [0.25, 0.3) is 0 Å². The van der Waals surface area contributed by atoms with Crippen molar-refractivity contribution in [3.63, 3.8) is 0 Å². The molecule has 2 N–H and O–H groups in total. The molecule has 0 unspecified atom stereocenters. The molecule has 0 fully saturated rings. The molecular formula is C10H11FN4. The molecule has 0 amide bonds. The van der Waals surface area contributed by atoms with Crippen molar-refractivity contribution in [2.45, 2.75) is 6.92 Å². The number of benzene rings is 1. The standard InChI is InChI=1S/C10H11FN4/c1-6-3-4-7(8(11)5-6)9-13-10(12)15(2)14-9/h3-5H,1-2H3,(H2,12,13,14). The van der Waals surface area contributed by atoms with Gasteiger partial charge in [0.1, 0.15) is 5.82 Å². The van der Waals surface area contributed by atoms with E-state index >= 15 is 0 Å². The Balaban J connectivity index is 2.54. The van der Waals surface area contributed by atoms with E-state index in [4.69, 9.17) is 5.73 Å². The number of aryl methyl sites for hydroxylation is 2. The fraction of sp³-hybridized carbons (Fsp3) is 0.200. The molecule has 0 atom stereocenters. The molecule has 0 aliphatic rings. The van der Waals surface area contributed by atoms with Crippen LogP contribution in [0, 0.1) is 12.7 Å². The Hall–Kier alpha value is -1.91. The zero-order valence-electron chi connectivity index (χ0n) is 8.53. The van der Waals surface area contributed by atoms with Gasteiger partial charge in [-0.05, 0) is 24.6 Å². The highest BCUT2D eigenvalue weighted by atomic mass is 19.1. The molecule has 5 heteroatoms. The number of anilines is 1. The van der Waals surface area contributed by atoms with Crippen LogP contribution < -0.4 is 5.73 Å². The molecule has 1 heterocycles. The molecule has 1 aromatic carbocycles. The fourth-order valence-electron chi connectivity index (χ4n) is 1.31. The van der Waals surface area contributed by atoms with Crippen LogP contribution in [0.25, 0.3) is 11.4 Å². The van der Waals surface area contributed by atoms with E-state index in [1.54, 1.807) is 13.1 Å². The van der Waals surface area contributed by atoms with E-state index in [1.165, 1.54) is 10.7 Å². The van der Waals surface area contributed by atoms with Gasteiger partial charge in [-0.25, -0.2) is 9.07 Å². The van der Waals surface area contributed by atoms with Gasteiger partial charge in [0.15, 0.2) is 5.82 Å². The quantitative estimate of drug-likeness (QED) is 0.769. The predicted octanol–water partition coefficient (Wildman–Crippen LogP) is 1.51. The van der Waals surface area contributed by atoms with Gasteiger partial charge in [0, 0.05) is 7.05 Å². The molecule has 2 aromatic rings. The largest absolute Gasteiger partial charge is 0.368 e. The summed E-state index contributed by atoms with van der Waals surface area (Å²) < 4.78 is 15.0. The maximum Gasteiger partial charge on any atom is 0.218 e. The van der Waals surface area contributed by atoms with E-state index in [-0.39, 0.29) is 11.8 Å². The van der Waals surface area contributed by atoms with E-state index < -0.39 is 0 Å². The van der Waals surface area contributed by atoms with Crippen molar-refractivity contribution in [2.75, 3.05) is 5.73 Å². The maximum atomic E-state index is 13.5. The highest BCUT2D eigenvalue weighted by Crippen LogP contribution is 2.20. The van der Waals surface area contributed by atoms with Gasteiger partial charge >= 0.3 is 0 Å². The van der Waals surface area contributed by atoms with Gasteiger partial charge in [-0.1, -0.05) is 6.07 Å². The Labute approximate surface area is 86.6 Å². The van der Waals surface area contributed by atoms with Crippen LogP contribution in [-0.2, 0) is 7.05 Å². The Morgan fingerprint density at radius 3 is 2.67 bits per heavy atom. The second-order valence-electron chi connectivity index (χ2n) is 3.40. The van der Waals surface area contributed by atoms with Crippen LogP contribution >= 0.6 is 0 Å². The summed E-state index contributed by atoms with van der Waals surface area (Å²) in [6.07, 6.45) is 0. The summed E-state index contributed by atoms with van der Waals surface area (Å²) in [5, 5.41) is 4.01. The van der Waals surface area contributed by atoms with Gasteiger partial charge < -0.3 is 5.73 Å². The average molecular weight is 206 g/mol. The first-order chi connectivity index (χ1) is 7.08. The molecule has 0 aliphatic heterocycles. The number of nitrogens with zero attached hydrogens (tertiary/aromatic N) is 3. The summed E-state index contributed by atoms with van der Waals surface area (Å²) in [6, 6.07) is 4.91. The van der Waals surface area contributed by atoms with E-state index in [1.807, 2.05) is 13.0 Å². The number of hydrogen-bond donors (Lipinski definition) is 1. The number of halogens is 1. The zero-order valence-corrected chi connectivity index (χ0v) is 8.53. The van der Waals surface area contributed by atoms with Gasteiger partial charge in [0.2, 0.25) is 5.95 Å². The lowest BCUT2D eigenvalue weighted by Crippen LogP contribution is -1.97. The minimum atomic E-state index is -0.333. The van der Waals surface area contributed by atoms with E-state index in [0.717, 1.165) is 5.56 Å². The predicted molar refractivity (Wildman–Crippen MR) is 55.5 cm³/mol. The molecule has 0 aliphatic carbocycles. The van der Waals surface area contributed by atoms with Gasteiger partial charge in [0.05, 0.1) is 5.56 Å². The van der Waals surface area contributed by atoms with Gasteiger partial charge in [-0.15, -0.1) is 5.10 Å². The van der Waals surface area contributed by atoms with Crippen molar-refractivity contribution in [1.82, 2.24) is 14.8 Å². The number of aromatic nitrogens is 3.